The molecule has 0 aliphatic rings. The SMILES string of the molecule is COCCOCCCNS(=O)(=O)c1ncccc1NN. The van der Waals surface area contributed by atoms with Crippen LogP contribution >= 0.6 is 0 Å². The standard InChI is InChI=1S/C11H20N4O4S/c1-18-8-9-19-7-3-6-14-20(16,17)11-10(15-12)4-2-5-13-11/h2,4-5,14-15H,3,6-9,12H2,1H3. The molecule has 0 amide bonds. The molecule has 8 nitrogen and oxygen atoms in total. The summed E-state index contributed by atoms with van der Waals surface area (Å²) in [7, 11) is -2.09. The summed E-state index contributed by atoms with van der Waals surface area (Å²) in [6.07, 6.45) is 1.95. The van der Waals surface area contributed by atoms with Crippen LogP contribution in [0.1, 0.15) is 6.42 Å². The Bertz CT molecular complexity index is 495. The number of rotatable bonds is 10. The first-order valence-corrected chi connectivity index (χ1v) is 7.58. The molecular weight excluding hydrogens is 284 g/mol. The number of ether oxygens (including phenoxy) is 2. The van der Waals surface area contributed by atoms with Gasteiger partial charge in [0.2, 0.25) is 0 Å². The first-order chi connectivity index (χ1) is 9.61. The van der Waals surface area contributed by atoms with Gasteiger partial charge < -0.3 is 14.9 Å². The van der Waals surface area contributed by atoms with Crippen LogP contribution in [-0.2, 0) is 19.5 Å². The first-order valence-electron chi connectivity index (χ1n) is 6.10. The molecule has 1 aromatic rings. The number of hydrogen-bond acceptors (Lipinski definition) is 7. The number of nitrogen functional groups attached to an aromatic ring is 1. The zero-order chi connectivity index (χ0) is 14.8. The van der Waals surface area contributed by atoms with Crippen molar-refractivity contribution in [1.82, 2.24) is 9.71 Å². The monoisotopic (exact) mass is 304 g/mol. The fourth-order valence-corrected chi connectivity index (χ4v) is 2.57. The van der Waals surface area contributed by atoms with E-state index < -0.39 is 10.0 Å². The van der Waals surface area contributed by atoms with Crippen molar-refractivity contribution in [3.8, 4) is 0 Å². The maximum atomic E-state index is 12.0. The minimum Gasteiger partial charge on any atom is -0.382 e. The largest absolute Gasteiger partial charge is 0.382 e. The van der Waals surface area contributed by atoms with Gasteiger partial charge in [0.1, 0.15) is 0 Å². The Balaban J connectivity index is 2.42. The zero-order valence-electron chi connectivity index (χ0n) is 11.3. The summed E-state index contributed by atoms with van der Waals surface area (Å²) in [5.41, 5.74) is 2.55. The van der Waals surface area contributed by atoms with Gasteiger partial charge in [-0.1, -0.05) is 0 Å². The molecular formula is C11H20N4O4S. The Morgan fingerprint density at radius 3 is 2.85 bits per heavy atom. The van der Waals surface area contributed by atoms with Crippen LogP contribution in [0.15, 0.2) is 23.4 Å². The molecule has 0 aromatic carbocycles. The highest BCUT2D eigenvalue weighted by molar-refractivity contribution is 7.89. The normalized spacial score (nSPS) is 11.5. The maximum Gasteiger partial charge on any atom is 0.260 e. The number of hydrazine groups is 1. The minimum atomic E-state index is -3.68. The average molecular weight is 304 g/mol. The highest BCUT2D eigenvalue weighted by Crippen LogP contribution is 2.15. The number of anilines is 1. The predicted molar refractivity (Wildman–Crippen MR) is 74.5 cm³/mol. The molecule has 0 aliphatic carbocycles. The van der Waals surface area contributed by atoms with E-state index in [1.54, 1.807) is 13.2 Å². The van der Waals surface area contributed by atoms with E-state index in [-0.39, 0.29) is 17.3 Å². The number of hydrogen-bond donors (Lipinski definition) is 3. The number of nitrogens with one attached hydrogen (secondary N) is 2. The molecule has 1 rings (SSSR count). The number of sulfonamides is 1. The Morgan fingerprint density at radius 1 is 1.35 bits per heavy atom. The van der Waals surface area contributed by atoms with Crippen molar-refractivity contribution in [1.29, 1.82) is 0 Å². The van der Waals surface area contributed by atoms with Gasteiger partial charge in [-0.15, -0.1) is 0 Å². The molecule has 0 aliphatic heterocycles. The van der Waals surface area contributed by atoms with E-state index in [9.17, 15) is 8.42 Å². The van der Waals surface area contributed by atoms with Gasteiger partial charge in [-0.3, -0.25) is 5.84 Å². The molecule has 9 heteroatoms. The fraction of sp³-hybridized carbons (Fsp3) is 0.545. The quantitative estimate of drug-likeness (QED) is 0.309. The second kappa shape index (κ2) is 8.82. The zero-order valence-corrected chi connectivity index (χ0v) is 12.1. The lowest BCUT2D eigenvalue weighted by Crippen LogP contribution is -2.28. The number of methoxy groups -OCH3 is 1. The first kappa shape index (κ1) is 16.8. The summed E-state index contributed by atoms with van der Waals surface area (Å²) in [4.78, 5) is 3.82. The maximum absolute atomic E-state index is 12.0. The Kier molecular flexibility index (Phi) is 7.41. The molecule has 0 saturated carbocycles. The second-order valence-electron chi connectivity index (χ2n) is 3.86. The van der Waals surface area contributed by atoms with E-state index in [0.29, 0.717) is 26.2 Å². The second-order valence-corrected chi connectivity index (χ2v) is 5.54. The van der Waals surface area contributed by atoms with Gasteiger partial charge in [-0.2, -0.15) is 0 Å². The molecule has 0 fully saturated rings. The lowest BCUT2D eigenvalue weighted by atomic mass is 10.4. The van der Waals surface area contributed by atoms with Crippen LogP contribution in [0, 0.1) is 0 Å². The molecule has 0 atom stereocenters. The third-order valence-electron chi connectivity index (χ3n) is 2.37. The summed E-state index contributed by atoms with van der Waals surface area (Å²) in [6.45, 7) is 1.72. The molecule has 0 bridgehead atoms. The third-order valence-corrected chi connectivity index (χ3v) is 3.79. The van der Waals surface area contributed by atoms with Crippen molar-refractivity contribution in [2.75, 3.05) is 38.9 Å². The molecule has 1 aromatic heterocycles. The molecule has 114 valence electrons. The molecule has 0 radical (unpaired) electrons. The summed E-state index contributed by atoms with van der Waals surface area (Å²) in [5.74, 6) is 5.26. The van der Waals surface area contributed by atoms with E-state index >= 15 is 0 Å². The lowest BCUT2D eigenvalue weighted by molar-refractivity contribution is 0.0699. The van der Waals surface area contributed by atoms with Crippen LogP contribution in [0.25, 0.3) is 0 Å². The van der Waals surface area contributed by atoms with Crippen LogP contribution in [-0.4, -0.2) is 46.9 Å². The molecule has 0 saturated heterocycles. The molecule has 20 heavy (non-hydrogen) atoms. The van der Waals surface area contributed by atoms with Gasteiger partial charge >= 0.3 is 0 Å². The number of nitrogens with two attached hydrogens (primary N) is 1. The van der Waals surface area contributed by atoms with E-state index in [0.717, 1.165) is 0 Å². The van der Waals surface area contributed by atoms with Gasteiger partial charge in [0, 0.05) is 26.5 Å². The van der Waals surface area contributed by atoms with Crippen molar-refractivity contribution >= 4 is 15.7 Å². The molecule has 0 unspecified atom stereocenters. The van der Waals surface area contributed by atoms with Crippen LogP contribution in [0.2, 0.25) is 0 Å². The Morgan fingerprint density at radius 2 is 2.15 bits per heavy atom. The lowest BCUT2D eigenvalue weighted by Gasteiger charge is -2.09. The summed E-state index contributed by atoms with van der Waals surface area (Å²) in [6, 6.07) is 3.13. The average Bonchev–Trinajstić information content (AvgIpc) is 2.46. The van der Waals surface area contributed by atoms with Crippen molar-refractivity contribution in [2.24, 2.45) is 5.84 Å². The highest BCUT2D eigenvalue weighted by Gasteiger charge is 2.18. The predicted octanol–water partition coefficient (Wildman–Crippen LogP) is -0.301. The van der Waals surface area contributed by atoms with Crippen molar-refractivity contribution < 1.29 is 17.9 Å². The van der Waals surface area contributed by atoms with E-state index in [2.05, 4.69) is 15.1 Å². The summed E-state index contributed by atoms with van der Waals surface area (Å²) < 4.78 is 36.5. The Labute approximate surface area is 118 Å². The number of pyridine rings is 1. The smallest absolute Gasteiger partial charge is 0.260 e. The third kappa shape index (κ3) is 5.39. The van der Waals surface area contributed by atoms with Gasteiger partial charge in [0.05, 0.1) is 18.9 Å². The van der Waals surface area contributed by atoms with Gasteiger partial charge in [-0.05, 0) is 18.6 Å². The van der Waals surface area contributed by atoms with Crippen molar-refractivity contribution in [2.45, 2.75) is 11.4 Å². The van der Waals surface area contributed by atoms with Gasteiger partial charge in [0.25, 0.3) is 10.0 Å². The van der Waals surface area contributed by atoms with Crippen LogP contribution < -0.4 is 16.0 Å². The van der Waals surface area contributed by atoms with E-state index in [1.807, 2.05) is 0 Å². The topological polar surface area (TPSA) is 116 Å². The van der Waals surface area contributed by atoms with Gasteiger partial charge in [-0.25, -0.2) is 18.1 Å². The number of nitrogens with zero attached hydrogens (tertiary/aromatic N) is 1. The van der Waals surface area contributed by atoms with Crippen LogP contribution in [0.3, 0.4) is 0 Å². The van der Waals surface area contributed by atoms with Crippen molar-refractivity contribution in [3.63, 3.8) is 0 Å². The van der Waals surface area contributed by atoms with Crippen LogP contribution in [0.4, 0.5) is 5.69 Å². The number of aromatic nitrogens is 1. The summed E-state index contributed by atoms with van der Waals surface area (Å²) in [5, 5.41) is -0.122. The minimum absolute atomic E-state index is 0.122. The van der Waals surface area contributed by atoms with E-state index in [4.69, 9.17) is 15.3 Å². The Hall–Kier alpha value is -1.26. The fourth-order valence-electron chi connectivity index (χ4n) is 1.41. The molecule has 4 N–H and O–H groups in total. The van der Waals surface area contributed by atoms with Crippen molar-refractivity contribution in [3.05, 3.63) is 18.3 Å². The van der Waals surface area contributed by atoms with Crippen LogP contribution in [0.5, 0.6) is 0 Å². The summed E-state index contributed by atoms with van der Waals surface area (Å²) >= 11 is 0. The highest BCUT2D eigenvalue weighted by atomic mass is 32.2. The van der Waals surface area contributed by atoms with E-state index in [1.165, 1.54) is 12.3 Å². The van der Waals surface area contributed by atoms with Gasteiger partial charge in [0.15, 0.2) is 5.03 Å². The molecule has 0 spiro atoms. The molecule has 1 heterocycles.